The van der Waals surface area contributed by atoms with E-state index in [2.05, 4.69) is 19.2 Å². The first-order chi connectivity index (χ1) is 8.77. The number of thiocarbonyl (C=S) groups is 1. The molecule has 110 valence electrons. The van der Waals surface area contributed by atoms with Crippen LogP contribution < -0.4 is 11.1 Å². The number of hydrogen-bond acceptors (Lipinski definition) is 2. The number of hydrogen-bond donors (Lipinski definition) is 2. The zero-order valence-corrected chi connectivity index (χ0v) is 13.5. The van der Waals surface area contributed by atoms with Gasteiger partial charge in [-0.2, -0.15) is 0 Å². The molecular weight excluding hydrogens is 256 g/mol. The van der Waals surface area contributed by atoms with E-state index in [1.807, 2.05) is 13.8 Å². The van der Waals surface area contributed by atoms with Crippen LogP contribution in [-0.2, 0) is 4.79 Å². The first-order valence-electron chi connectivity index (χ1n) is 7.38. The molecule has 19 heavy (non-hydrogen) atoms. The molecule has 0 bridgehead atoms. The Hall–Kier alpha value is -0.640. The van der Waals surface area contributed by atoms with Crippen molar-refractivity contribution in [3.05, 3.63) is 0 Å². The van der Waals surface area contributed by atoms with Gasteiger partial charge in [0.15, 0.2) is 0 Å². The third-order valence-electron chi connectivity index (χ3n) is 4.79. The normalized spacial score (nSPS) is 20.0. The average molecular weight is 284 g/mol. The van der Waals surface area contributed by atoms with E-state index < -0.39 is 5.41 Å². The summed E-state index contributed by atoms with van der Waals surface area (Å²) in [5, 5.41) is 3.17. The summed E-state index contributed by atoms with van der Waals surface area (Å²) in [5.74, 6) is 0.0229. The van der Waals surface area contributed by atoms with Gasteiger partial charge in [0.2, 0.25) is 5.91 Å². The Morgan fingerprint density at radius 3 is 2.16 bits per heavy atom. The smallest absolute Gasteiger partial charge is 0.233 e. The van der Waals surface area contributed by atoms with Gasteiger partial charge in [-0.3, -0.25) is 4.79 Å². The molecule has 1 rings (SSSR count). The number of nitrogens with one attached hydrogen (secondary N) is 1. The van der Waals surface area contributed by atoms with Crippen LogP contribution in [0.1, 0.15) is 66.2 Å². The summed E-state index contributed by atoms with van der Waals surface area (Å²) in [5.41, 5.74) is 5.56. The lowest BCUT2D eigenvalue weighted by atomic mass is 9.75. The maximum Gasteiger partial charge on any atom is 0.233 e. The van der Waals surface area contributed by atoms with E-state index in [1.54, 1.807) is 0 Å². The van der Waals surface area contributed by atoms with Gasteiger partial charge in [0.05, 0.1) is 10.4 Å². The van der Waals surface area contributed by atoms with Crippen molar-refractivity contribution >= 4 is 23.1 Å². The first-order valence-corrected chi connectivity index (χ1v) is 7.79. The van der Waals surface area contributed by atoms with Gasteiger partial charge in [0.1, 0.15) is 0 Å². The van der Waals surface area contributed by atoms with Crippen LogP contribution in [0.2, 0.25) is 0 Å². The third kappa shape index (κ3) is 3.68. The first kappa shape index (κ1) is 16.4. The number of rotatable bonds is 5. The Bertz CT molecular complexity index is 338. The highest BCUT2D eigenvalue weighted by Gasteiger charge is 2.39. The van der Waals surface area contributed by atoms with E-state index in [0.29, 0.717) is 23.2 Å². The summed E-state index contributed by atoms with van der Waals surface area (Å²) in [6.07, 6.45) is 5.78. The molecule has 0 aromatic heterocycles. The molecule has 0 saturated heterocycles. The van der Waals surface area contributed by atoms with Gasteiger partial charge >= 0.3 is 0 Å². The van der Waals surface area contributed by atoms with Crippen molar-refractivity contribution in [1.29, 1.82) is 0 Å². The predicted octanol–water partition coefficient (Wildman–Crippen LogP) is 3.16. The maximum atomic E-state index is 12.5. The summed E-state index contributed by atoms with van der Waals surface area (Å²) in [6.45, 7) is 8.54. The fourth-order valence-electron chi connectivity index (χ4n) is 2.90. The van der Waals surface area contributed by atoms with Crippen molar-refractivity contribution in [2.75, 3.05) is 0 Å². The summed E-state index contributed by atoms with van der Waals surface area (Å²) in [6, 6.07) is 0.285. The third-order valence-corrected chi connectivity index (χ3v) is 5.18. The standard InChI is InChI=1S/C15H28N2OS/c1-5-15(6-2,12(16)19)13(18)17-11-7-9-14(3,4)10-8-11/h11H,5-10H2,1-4H3,(H2,16,19)(H,17,18). The van der Waals surface area contributed by atoms with Crippen LogP contribution in [0.15, 0.2) is 0 Å². The van der Waals surface area contributed by atoms with E-state index in [1.165, 1.54) is 0 Å². The van der Waals surface area contributed by atoms with Crippen molar-refractivity contribution in [3.63, 3.8) is 0 Å². The molecular formula is C15H28N2OS. The molecule has 0 atom stereocenters. The molecule has 1 fully saturated rings. The lowest BCUT2D eigenvalue weighted by molar-refractivity contribution is -0.129. The maximum absolute atomic E-state index is 12.5. The minimum absolute atomic E-state index is 0.0229. The summed E-state index contributed by atoms with van der Waals surface area (Å²) in [4.78, 5) is 12.8. The zero-order valence-electron chi connectivity index (χ0n) is 12.7. The molecule has 0 unspecified atom stereocenters. The van der Waals surface area contributed by atoms with Gasteiger partial charge in [-0.1, -0.05) is 39.9 Å². The SMILES string of the molecule is CCC(CC)(C(=O)NC1CCC(C)(C)CC1)C(N)=S. The second kappa shape index (κ2) is 6.21. The summed E-state index contributed by atoms with van der Waals surface area (Å²) < 4.78 is 0. The van der Waals surface area contributed by atoms with E-state index in [9.17, 15) is 4.79 Å². The minimum Gasteiger partial charge on any atom is -0.392 e. The highest BCUT2D eigenvalue weighted by atomic mass is 32.1. The molecule has 3 nitrogen and oxygen atoms in total. The minimum atomic E-state index is -0.664. The Labute approximate surface area is 122 Å². The molecule has 0 aromatic carbocycles. The molecule has 1 amide bonds. The van der Waals surface area contributed by atoms with Crippen LogP contribution >= 0.6 is 12.2 Å². The van der Waals surface area contributed by atoms with Crippen molar-refractivity contribution in [2.24, 2.45) is 16.6 Å². The van der Waals surface area contributed by atoms with E-state index in [0.717, 1.165) is 25.7 Å². The molecule has 0 heterocycles. The lowest BCUT2D eigenvalue weighted by Gasteiger charge is -2.37. The Morgan fingerprint density at radius 1 is 1.32 bits per heavy atom. The fourth-order valence-corrected chi connectivity index (χ4v) is 3.28. The second-order valence-electron chi connectivity index (χ2n) is 6.57. The Kier molecular flexibility index (Phi) is 5.36. The molecule has 1 aliphatic carbocycles. The largest absolute Gasteiger partial charge is 0.392 e. The van der Waals surface area contributed by atoms with Gasteiger partial charge in [0.25, 0.3) is 0 Å². The summed E-state index contributed by atoms with van der Waals surface area (Å²) >= 11 is 5.12. The molecule has 0 aliphatic heterocycles. The van der Waals surface area contributed by atoms with Crippen LogP contribution in [-0.4, -0.2) is 16.9 Å². The number of carbonyl (C=O) groups excluding carboxylic acids is 1. The molecule has 4 heteroatoms. The number of carbonyl (C=O) groups is 1. The van der Waals surface area contributed by atoms with Crippen molar-refractivity contribution in [2.45, 2.75) is 72.3 Å². The van der Waals surface area contributed by atoms with E-state index >= 15 is 0 Å². The highest BCUT2D eigenvalue weighted by Crippen LogP contribution is 2.36. The number of nitrogens with two attached hydrogens (primary N) is 1. The van der Waals surface area contributed by atoms with Crippen LogP contribution in [0.25, 0.3) is 0 Å². The Morgan fingerprint density at radius 2 is 1.79 bits per heavy atom. The number of amides is 1. The molecule has 1 aliphatic rings. The van der Waals surface area contributed by atoms with Gasteiger partial charge in [0, 0.05) is 6.04 Å². The predicted molar refractivity (Wildman–Crippen MR) is 84.0 cm³/mol. The van der Waals surface area contributed by atoms with Crippen LogP contribution in [0, 0.1) is 10.8 Å². The monoisotopic (exact) mass is 284 g/mol. The fraction of sp³-hybridized carbons (Fsp3) is 0.867. The molecule has 1 saturated carbocycles. The average Bonchev–Trinajstić information content (AvgIpc) is 2.34. The van der Waals surface area contributed by atoms with Gasteiger partial charge in [-0.05, 0) is 43.9 Å². The van der Waals surface area contributed by atoms with Crippen molar-refractivity contribution in [1.82, 2.24) is 5.32 Å². The van der Waals surface area contributed by atoms with Crippen LogP contribution in [0.5, 0.6) is 0 Å². The van der Waals surface area contributed by atoms with E-state index in [4.69, 9.17) is 18.0 Å². The quantitative estimate of drug-likeness (QED) is 0.762. The zero-order chi connectivity index (χ0) is 14.7. The molecule has 3 N–H and O–H groups in total. The highest BCUT2D eigenvalue weighted by molar-refractivity contribution is 7.80. The van der Waals surface area contributed by atoms with Crippen molar-refractivity contribution < 1.29 is 4.79 Å². The van der Waals surface area contributed by atoms with E-state index in [-0.39, 0.29) is 11.9 Å². The van der Waals surface area contributed by atoms with Crippen LogP contribution in [0.4, 0.5) is 0 Å². The van der Waals surface area contributed by atoms with Crippen molar-refractivity contribution in [3.8, 4) is 0 Å². The second-order valence-corrected chi connectivity index (χ2v) is 7.01. The van der Waals surface area contributed by atoms with Gasteiger partial charge < -0.3 is 11.1 Å². The van der Waals surface area contributed by atoms with Crippen LogP contribution in [0.3, 0.4) is 0 Å². The Balaban J connectivity index is 2.66. The van der Waals surface area contributed by atoms with Gasteiger partial charge in [-0.15, -0.1) is 0 Å². The van der Waals surface area contributed by atoms with Gasteiger partial charge in [-0.25, -0.2) is 0 Å². The lowest BCUT2D eigenvalue weighted by Crippen LogP contribution is -2.52. The molecule has 0 radical (unpaired) electrons. The molecule has 0 spiro atoms. The molecule has 0 aromatic rings. The topological polar surface area (TPSA) is 55.1 Å². The summed E-state index contributed by atoms with van der Waals surface area (Å²) in [7, 11) is 0.